The van der Waals surface area contributed by atoms with Gasteiger partial charge in [-0.05, 0) is 12.1 Å². The number of hydrogen-bond acceptors (Lipinski definition) is 4. The molecular weight excluding hydrogens is 156 g/mol. The van der Waals surface area contributed by atoms with E-state index in [1.165, 1.54) is 0 Å². The Morgan fingerprint density at radius 3 is 2.25 bits per heavy atom. The van der Waals surface area contributed by atoms with Gasteiger partial charge in [-0.1, -0.05) is 18.2 Å². The molecule has 0 aromatic heterocycles. The molecule has 0 bridgehead atoms. The molecule has 1 rings (SSSR count). The van der Waals surface area contributed by atoms with Gasteiger partial charge in [0.05, 0.1) is 5.69 Å². The Bertz CT molecular complexity index is 264. The minimum atomic E-state index is -2.09. The smallest absolute Gasteiger partial charge is 0.280 e. The van der Waals surface area contributed by atoms with Gasteiger partial charge in [0.2, 0.25) is 0 Å². The van der Waals surface area contributed by atoms with Gasteiger partial charge in [-0.3, -0.25) is 0 Å². The first kappa shape index (κ1) is 8.83. The molecule has 1 aromatic carbocycles. The maximum absolute atomic E-state index is 8.77. The van der Waals surface area contributed by atoms with Crippen LogP contribution in [0.2, 0.25) is 0 Å². The van der Waals surface area contributed by atoms with Crippen molar-refractivity contribution < 1.29 is 10.2 Å². The van der Waals surface area contributed by atoms with Crippen LogP contribution >= 0.6 is 0 Å². The van der Waals surface area contributed by atoms with Gasteiger partial charge in [0.25, 0.3) is 5.91 Å². The molecule has 0 aliphatic carbocycles. The van der Waals surface area contributed by atoms with E-state index in [1.807, 2.05) is 6.07 Å². The Balaban J connectivity index is 2.71. The van der Waals surface area contributed by atoms with Crippen molar-refractivity contribution >= 4 is 5.69 Å². The van der Waals surface area contributed by atoms with Crippen LogP contribution in [0.1, 0.15) is 6.92 Å². The molecule has 0 radical (unpaired) electrons. The summed E-state index contributed by atoms with van der Waals surface area (Å²) in [4.78, 5) is 0. The molecule has 64 valence electrons. The van der Waals surface area contributed by atoms with Gasteiger partial charge in [-0.15, -0.1) is 5.11 Å². The average Bonchev–Trinajstić information content (AvgIpc) is 2.02. The highest BCUT2D eigenvalue weighted by molar-refractivity contribution is 5.34. The number of rotatable bonds is 2. The Morgan fingerprint density at radius 2 is 1.75 bits per heavy atom. The Kier molecular flexibility index (Phi) is 2.52. The molecule has 0 spiro atoms. The third-order valence-corrected chi connectivity index (χ3v) is 1.11. The molecule has 12 heavy (non-hydrogen) atoms. The van der Waals surface area contributed by atoms with Crippen LogP contribution in [0.4, 0.5) is 5.69 Å². The van der Waals surface area contributed by atoms with E-state index in [4.69, 9.17) is 10.2 Å². The lowest BCUT2D eigenvalue weighted by Gasteiger charge is -2.05. The van der Waals surface area contributed by atoms with Crippen LogP contribution in [0.25, 0.3) is 0 Å². The quantitative estimate of drug-likeness (QED) is 0.515. The van der Waals surface area contributed by atoms with Crippen molar-refractivity contribution in [3.8, 4) is 0 Å². The highest BCUT2D eigenvalue weighted by Gasteiger charge is 2.11. The van der Waals surface area contributed by atoms with E-state index in [0.717, 1.165) is 6.92 Å². The maximum atomic E-state index is 8.77. The van der Waals surface area contributed by atoms with Gasteiger partial charge in [0.15, 0.2) is 0 Å². The Labute approximate surface area is 70.2 Å². The first-order valence-corrected chi connectivity index (χ1v) is 3.51. The molecule has 0 fully saturated rings. The van der Waals surface area contributed by atoms with Crippen molar-refractivity contribution in [3.63, 3.8) is 0 Å². The fourth-order valence-electron chi connectivity index (χ4n) is 0.647. The van der Waals surface area contributed by atoms with Crippen molar-refractivity contribution in [2.45, 2.75) is 12.8 Å². The molecular formula is C8H10N2O2. The fraction of sp³-hybridized carbons (Fsp3) is 0.250. The highest BCUT2D eigenvalue weighted by Crippen LogP contribution is 2.12. The SMILES string of the molecule is CC(O)(O)N=Nc1ccccc1. The summed E-state index contributed by atoms with van der Waals surface area (Å²) in [5, 5.41) is 24.4. The summed E-state index contributed by atoms with van der Waals surface area (Å²) in [6.07, 6.45) is 0. The van der Waals surface area contributed by atoms with Crippen molar-refractivity contribution in [2.75, 3.05) is 0 Å². The summed E-state index contributed by atoms with van der Waals surface area (Å²) in [5.41, 5.74) is 0.590. The first-order chi connectivity index (χ1) is 5.58. The summed E-state index contributed by atoms with van der Waals surface area (Å²) < 4.78 is 0. The van der Waals surface area contributed by atoms with Gasteiger partial charge < -0.3 is 10.2 Å². The molecule has 0 amide bonds. The average molecular weight is 166 g/mol. The Hall–Kier alpha value is -1.26. The second kappa shape index (κ2) is 3.42. The van der Waals surface area contributed by atoms with Crippen LogP contribution in [-0.2, 0) is 0 Å². The third-order valence-electron chi connectivity index (χ3n) is 1.11. The number of aliphatic hydroxyl groups is 2. The zero-order chi connectivity index (χ0) is 9.03. The zero-order valence-corrected chi connectivity index (χ0v) is 6.68. The van der Waals surface area contributed by atoms with E-state index < -0.39 is 5.91 Å². The molecule has 4 heteroatoms. The highest BCUT2D eigenvalue weighted by atomic mass is 16.5. The monoisotopic (exact) mass is 166 g/mol. The molecule has 0 saturated heterocycles. The summed E-state index contributed by atoms with van der Waals surface area (Å²) in [6.45, 7) is 1.14. The number of hydrogen-bond donors (Lipinski definition) is 2. The minimum Gasteiger partial charge on any atom is -0.347 e. The van der Waals surface area contributed by atoms with Crippen molar-refractivity contribution in [1.29, 1.82) is 0 Å². The first-order valence-electron chi connectivity index (χ1n) is 3.51. The predicted octanol–water partition coefficient (Wildman–Crippen LogP) is 1.43. The van der Waals surface area contributed by atoms with Crippen molar-refractivity contribution in [3.05, 3.63) is 30.3 Å². The zero-order valence-electron chi connectivity index (χ0n) is 6.68. The summed E-state index contributed by atoms with van der Waals surface area (Å²) in [7, 11) is 0. The second-order valence-corrected chi connectivity index (χ2v) is 2.51. The number of azo groups is 1. The topological polar surface area (TPSA) is 65.2 Å². The maximum Gasteiger partial charge on any atom is 0.280 e. The fourth-order valence-corrected chi connectivity index (χ4v) is 0.647. The van der Waals surface area contributed by atoms with E-state index in [9.17, 15) is 0 Å². The van der Waals surface area contributed by atoms with E-state index in [2.05, 4.69) is 10.2 Å². The van der Waals surface area contributed by atoms with Crippen molar-refractivity contribution in [2.24, 2.45) is 10.2 Å². The lowest BCUT2D eigenvalue weighted by Crippen LogP contribution is -2.17. The van der Waals surface area contributed by atoms with Gasteiger partial charge in [0, 0.05) is 6.92 Å². The molecule has 0 unspecified atom stereocenters. The minimum absolute atomic E-state index is 0.590. The lowest BCUT2D eigenvalue weighted by atomic mass is 10.3. The van der Waals surface area contributed by atoms with Crippen LogP contribution in [0.5, 0.6) is 0 Å². The van der Waals surface area contributed by atoms with Gasteiger partial charge in [-0.2, -0.15) is 5.11 Å². The molecule has 1 aromatic rings. The standard InChI is InChI=1S/C8H10N2O2/c1-8(11,12)10-9-7-5-3-2-4-6-7/h2-6,11-12H,1H3. The van der Waals surface area contributed by atoms with E-state index >= 15 is 0 Å². The largest absolute Gasteiger partial charge is 0.347 e. The van der Waals surface area contributed by atoms with Gasteiger partial charge >= 0.3 is 0 Å². The van der Waals surface area contributed by atoms with E-state index in [1.54, 1.807) is 24.3 Å². The van der Waals surface area contributed by atoms with Gasteiger partial charge in [-0.25, -0.2) is 0 Å². The summed E-state index contributed by atoms with van der Waals surface area (Å²) >= 11 is 0. The second-order valence-electron chi connectivity index (χ2n) is 2.51. The molecule has 4 nitrogen and oxygen atoms in total. The van der Waals surface area contributed by atoms with E-state index in [0.29, 0.717) is 5.69 Å². The molecule has 2 N–H and O–H groups in total. The molecule has 0 aliphatic rings. The Morgan fingerprint density at radius 1 is 1.17 bits per heavy atom. The lowest BCUT2D eigenvalue weighted by molar-refractivity contribution is -0.141. The molecule has 0 saturated carbocycles. The number of benzene rings is 1. The summed E-state index contributed by atoms with van der Waals surface area (Å²) in [6, 6.07) is 8.86. The molecule has 0 aliphatic heterocycles. The van der Waals surface area contributed by atoms with Crippen LogP contribution in [0, 0.1) is 0 Å². The van der Waals surface area contributed by atoms with Crippen LogP contribution in [0.15, 0.2) is 40.6 Å². The molecule has 0 atom stereocenters. The molecule has 0 heterocycles. The normalized spacial score (nSPS) is 12.2. The van der Waals surface area contributed by atoms with Crippen LogP contribution < -0.4 is 0 Å². The predicted molar refractivity (Wildman–Crippen MR) is 43.8 cm³/mol. The summed E-state index contributed by atoms with van der Waals surface area (Å²) in [5.74, 6) is -2.09. The third kappa shape index (κ3) is 3.23. The van der Waals surface area contributed by atoms with Gasteiger partial charge in [0.1, 0.15) is 0 Å². The van der Waals surface area contributed by atoms with Crippen molar-refractivity contribution in [1.82, 2.24) is 0 Å². The number of nitrogens with zero attached hydrogens (tertiary/aromatic N) is 2. The van der Waals surface area contributed by atoms with E-state index in [-0.39, 0.29) is 0 Å². The van der Waals surface area contributed by atoms with Crippen LogP contribution in [-0.4, -0.2) is 16.1 Å². The van der Waals surface area contributed by atoms with Crippen LogP contribution in [0.3, 0.4) is 0 Å².